The summed E-state index contributed by atoms with van der Waals surface area (Å²) in [5, 5.41) is 13.5. The fourth-order valence-electron chi connectivity index (χ4n) is 1.92. The van der Waals surface area contributed by atoms with Crippen LogP contribution in [0.25, 0.3) is 0 Å². The van der Waals surface area contributed by atoms with E-state index < -0.39 is 15.9 Å². The molecule has 2 aromatic rings. The van der Waals surface area contributed by atoms with Crippen LogP contribution in [0.15, 0.2) is 63.9 Å². The van der Waals surface area contributed by atoms with Crippen LogP contribution in [0.1, 0.15) is 12.5 Å². The van der Waals surface area contributed by atoms with Crippen molar-refractivity contribution in [2.45, 2.75) is 18.2 Å². The topological polar surface area (TPSA) is 98.7 Å². The Bertz CT molecular complexity index is 809. The average Bonchev–Trinajstić information content (AvgIpc) is 2.47. The summed E-state index contributed by atoms with van der Waals surface area (Å²) >= 11 is 0. The lowest BCUT2D eigenvalue weighted by atomic mass is 10.1. The molecule has 0 aliphatic heterocycles. The molecule has 0 atom stereocenters. The van der Waals surface area contributed by atoms with Crippen LogP contribution in [0.4, 0.5) is 5.69 Å². The van der Waals surface area contributed by atoms with Crippen molar-refractivity contribution < 1.29 is 18.3 Å². The molecule has 0 aliphatic rings. The molecule has 2 aromatic carbocycles. The molecule has 7 heteroatoms. The number of hydrogen-bond acceptors (Lipinski definition) is 4. The summed E-state index contributed by atoms with van der Waals surface area (Å²) in [5.41, 5.74) is 1.34. The smallest absolute Gasteiger partial charge is 0.281 e. The van der Waals surface area contributed by atoms with Crippen LogP contribution in [0.2, 0.25) is 0 Å². The maximum absolute atomic E-state index is 11.9. The highest BCUT2D eigenvalue weighted by Gasteiger charge is 2.12. The summed E-state index contributed by atoms with van der Waals surface area (Å²) in [6, 6.07) is 14.7. The van der Waals surface area contributed by atoms with Crippen molar-refractivity contribution in [2.24, 2.45) is 4.40 Å². The van der Waals surface area contributed by atoms with Crippen LogP contribution in [-0.4, -0.2) is 20.2 Å². The van der Waals surface area contributed by atoms with Crippen molar-refractivity contribution in [2.75, 3.05) is 5.32 Å². The molecular formula is C16H15N2O4S-. The van der Waals surface area contributed by atoms with Gasteiger partial charge in [-0.15, -0.1) is 0 Å². The second-order valence-corrected chi connectivity index (χ2v) is 6.42. The molecule has 1 amide bonds. The molecule has 0 unspecified atom stereocenters. The molecule has 0 heterocycles. The van der Waals surface area contributed by atoms with Crippen LogP contribution >= 0.6 is 0 Å². The van der Waals surface area contributed by atoms with Gasteiger partial charge in [-0.1, -0.05) is 30.3 Å². The molecular weight excluding hydrogens is 316 g/mol. The Morgan fingerprint density at radius 3 is 2.26 bits per heavy atom. The molecule has 2 rings (SSSR count). The molecule has 0 saturated heterocycles. The minimum absolute atomic E-state index is 0.103. The summed E-state index contributed by atoms with van der Waals surface area (Å²) in [6.45, 7) is 1.07. The molecule has 0 aliphatic carbocycles. The Morgan fingerprint density at radius 2 is 1.70 bits per heavy atom. The summed E-state index contributed by atoms with van der Waals surface area (Å²) in [6.07, 6.45) is 0.223. The van der Waals surface area contributed by atoms with Gasteiger partial charge in [0.25, 0.3) is 10.0 Å². The van der Waals surface area contributed by atoms with Gasteiger partial charge >= 0.3 is 0 Å². The number of rotatable bonds is 5. The van der Waals surface area contributed by atoms with Crippen molar-refractivity contribution in [1.82, 2.24) is 0 Å². The fourth-order valence-corrected chi connectivity index (χ4v) is 2.84. The Kier molecular flexibility index (Phi) is 5.13. The van der Waals surface area contributed by atoms with Crippen molar-refractivity contribution in [1.29, 1.82) is 0 Å². The lowest BCUT2D eigenvalue weighted by Gasteiger charge is -2.07. The van der Waals surface area contributed by atoms with Gasteiger partial charge in [0.15, 0.2) is 0 Å². The van der Waals surface area contributed by atoms with Crippen molar-refractivity contribution in [3.63, 3.8) is 0 Å². The third-order valence-electron chi connectivity index (χ3n) is 2.89. The highest BCUT2D eigenvalue weighted by Crippen LogP contribution is 2.16. The molecule has 120 valence electrons. The molecule has 6 nitrogen and oxygen atoms in total. The number of hydrogen-bond donors (Lipinski definition) is 1. The largest absolute Gasteiger partial charge is 0.861 e. The standard InChI is InChI=1S/C16H16N2O4S/c1-12(19)18-23(21,22)15-9-7-14(8-10-15)17-16(20)11-13-5-3-2-4-6-13/h2-10H,11H2,1H3,(H,17,20)(H,18,19)/p-1. The summed E-state index contributed by atoms with van der Waals surface area (Å²) in [5.74, 6) is -0.995. The zero-order chi connectivity index (χ0) is 16.9. The lowest BCUT2D eigenvalue weighted by Crippen LogP contribution is -2.15. The highest BCUT2D eigenvalue weighted by atomic mass is 32.2. The van der Waals surface area contributed by atoms with Crippen molar-refractivity contribution in [3.05, 3.63) is 60.2 Å². The Morgan fingerprint density at radius 1 is 1.09 bits per heavy atom. The number of nitrogens with one attached hydrogen (secondary N) is 1. The van der Waals surface area contributed by atoms with Gasteiger partial charge in [0.1, 0.15) is 0 Å². The van der Waals surface area contributed by atoms with E-state index in [0.717, 1.165) is 12.5 Å². The van der Waals surface area contributed by atoms with Gasteiger partial charge in [-0.2, -0.15) is 12.8 Å². The number of carbonyl (C=O) groups excluding carboxylic acids is 1. The lowest BCUT2D eigenvalue weighted by molar-refractivity contribution is -0.215. The summed E-state index contributed by atoms with van der Waals surface area (Å²) < 4.78 is 26.6. The van der Waals surface area contributed by atoms with Gasteiger partial charge in [-0.05, 0) is 42.7 Å². The molecule has 0 saturated carbocycles. The molecule has 1 N–H and O–H groups in total. The van der Waals surface area contributed by atoms with Crippen LogP contribution in [0, 0.1) is 0 Å². The number of sulfonamides is 1. The third kappa shape index (κ3) is 4.93. The van der Waals surface area contributed by atoms with E-state index >= 15 is 0 Å². The summed E-state index contributed by atoms with van der Waals surface area (Å²) in [7, 11) is -3.99. The van der Waals surface area contributed by atoms with Crippen molar-refractivity contribution >= 4 is 27.5 Å². The van der Waals surface area contributed by atoms with E-state index in [1.807, 2.05) is 30.3 Å². The number of carbonyl (C=O) groups is 1. The number of amides is 1. The van der Waals surface area contributed by atoms with Gasteiger partial charge in [0.2, 0.25) is 5.91 Å². The van der Waals surface area contributed by atoms with E-state index in [1.165, 1.54) is 24.3 Å². The number of benzene rings is 2. The predicted octanol–water partition coefficient (Wildman–Crippen LogP) is 1.34. The van der Waals surface area contributed by atoms with E-state index in [2.05, 4.69) is 9.71 Å². The second-order valence-electron chi connectivity index (χ2n) is 4.82. The molecule has 23 heavy (non-hydrogen) atoms. The molecule has 0 fully saturated rings. The van der Waals surface area contributed by atoms with Gasteiger partial charge in [-0.25, -0.2) is 0 Å². The number of anilines is 1. The van der Waals surface area contributed by atoms with Gasteiger partial charge in [0, 0.05) is 5.69 Å². The van der Waals surface area contributed by atoms with Crippen LogP contribution in [-0.2, 0) is 21.2 Å². The van der Waals surface area contributed by atoms with E-state index in [9.17, 15) is 18.3 Å². The molecule has 0 bridgehead atoms. The maximum atomic E-state index is 11.9. The first-order valence-electron chi connectivity index (χ1n) is 6.79. The highest BCUT2D eigenvalue weighted by molar-refractivity contribution is 7.90. The minimum atomic E-state index is -3.99. The minimum Gasteiger partial charge on any atom is -0.861 e. The van der Waals surface area contributed by atoms with Gasteiger partial charge in [-0.3, -0.25) is 4.79 Å². The second kappa shape index (κ2) is 7.06. The number of nitrogens with zero attached hydrogens (tertiary/aromatic N) is 1. The van der Waals surface area contributed by atoms with Gasteiger partial charge in [0.05, 0.1) is 11.3 Å². The average molecular weight is 331 g/mol. The summed E-state index contributed by atoms with van der Waals surface area (Å²) in [4.78, 5) is 11.8. The van der Waals surface area contributed by atoms with Crippen LogP contribution in [0.5, 0.6) is 0 Å². The van der Waals surface area contributed by atoms with Crippen molar-refractivity contribution in [3.8, 4) is 0 Å². The third-order valence-corrected chi connectivity index (χ3v) is 4.26. The van der Waals surface area contributed by atoms with E-state index in [0.29, 0.717) is 5.69 Å². The molecule has 0 radical (unpaired) electrons. The first kappa shape index (κ1) is 16.7. The zero-order valence-corrected chi connectivity index (χ0v) is 13.2. The van der Waals surface area contributed by atoms with E-state index in [4.69, 9.17) is 0 Å². The Hall–Kier alpha value is -2.67. The van der Waals surface area contributed by atoms with Crippen LogP contribution < -0.4 is 10.4 Å². The predicted molar refractivity (Wildman–Crippen MR) is 85.5 cm³/mol. The fraction of sp³-hybridized carbons (Fsp3) is 0.125. The monoisotopic (exact) mass is 331 g/mol. The Labute approximate surface area is 134 Å². The maximum Gasteiger partial charge on any atom is 0.281 e. The normalized spacial score (nSPS) is 12.0. The Balaban J connectivity index is 2.06. The first-order chi connectivity index (χ1) is 10.9. The first-order valence-corrected chi connectivity index (χ1v) is 8.23. The molecule has 0 spiro atoms. The quantitative estimate of drug-likeness (QED) is 0.660. The van der Waals surface area contributed by atoms with Crippen LogP contribution in [0.3, 0.4) is 0 Å². The molecule has 0 aromatic heterocycles. The zero-order valence-electron chi connectivity index (χ0n) is 12.4. The van der Waals surface area contributed by atoms with E-state index in [1.54, 1.807) is 0 Å². The van der Waals surface area contributed by atoms with E-state index in [-0.39, 0.29) is 17.2 Å². The van der Waals surface area contributed by atoms with Gasteiger partial charge < -0.3 is 10.4 Å². The SMILES string of the molecule is CC([O-])=NS(=O)(=O)c1ccc(NC(=O)Cc2ccccc2)cc1.